The summed E-state index contributed by atoms with van der Waals surface area (Å²) in [6.07, 6.45) is -4.59. The van der Waals surface area contributed by atoms with Gasteiger partial charge in [-0.05, 0) is 29.8 Å². The first kappa shape index (κ1) is 22.4. The van der Waals surface area contributed by atoms with E-state index in [2.05, 4.69) is 0 Å². The monoisotopic (exact) mass is 484 g/mol. The van der Waals surface area contributed by atoms with Crippen molar-refractivity contribution in [1.29, 1.82) is 0 Å². The van der Waals surface area contributed by atoms with Gasteiger partial charge in [0.15, 0.2) is 0 Å². The smallest absolute Gasteiger partial charge is 0.416 e. The van der Waals surface area contributed by atoms with Crippen molar-refractivity contribution in [3.05, 3.63) is 76.4 Å². The molecule has 32 heavy (non-hydrogen) atoms. The predicted molar refractivity (Wildman–Crippen MR) is 111 cm³/mol. The summed E-state index contributed by atoms with van der Waals surface area (Å²) < 4.78 is 67.3. The zero-order chi connectivity index (χ0) is 23.3. The lowest BCUT2D eigenvalue weighted by Crippen LogP contribution is -2.38. The second kappa shape index (κ2) is 7.95. The number of halogens is 4. The van der Waals surface area contributed by atoms with Crippen LogP contribution in [0.3, 0.4) is 0 Å². The van der Waals surface area contributed by atoms with Gasteiger partial charge in [0.25, 0.3) is 0 Å². The number of benzene rings is 2. The fourth-order valence-corrected chi connectivity index (χ4v) is 5.56. The van der Waals surface area contributed by atoms with E-state index in [4.69, 9.17) is 11.6 Å². The van der Waals surface area contributed by atoms with Gasteiger partial charge >= 0.3 is 12.1 Å². The Bertz CT molecular complexity index is 1290. The normalized spacial score (nSPS) is 14.9. The van der Waals surface area contributed by atoms with E-state index in [1.807, 2.05) is 0 Å². The molecule has 168 valence electrons. The van der Waals surface area contributed by atoms with Crippen LogP contribution in [0.2, 0.25) is 5.02 Å². The van der Waals surface area contributed by atoms with E-state index in [1.54, 1.807) is 34.9 Å². The molecule has 1 N–H and O–H groups in total. The van der Waals surface area contributed by atoms with Crippen LogP contribution in [0.1, 0.15) is 21.6 Å². The minimum absolute atomic E-state index is 0.000255. The van der Waals surface area contributed by atoms with Gasteiger partial charge in [-0.25, -0.2) is 13.2 Å². The molecule has 6 nitrogen and oxygen atoms in total. The van der Waals surface area contributed by atoms with Crippen LogP contribution in [-0.4, -0.2) is 34.9 Å². The minimum Gasteiger partial charge on any atom is -0.478 e. The van der Waals surface area contributed by atoms with Crippen molar-refractivity contribution in [3.8, 4) is 11.3 Å². The fraction of sp³-hybridized carbons (Fsp3) is 0.190. The maximum absolute atomic E-state index is 13.1. The number of alkyl halides is 3. The van der Waals surface area contributed by atoms with Crippen LogP contribution in [0.4, 0.5) is 13.2 Å². The molecule has 0 saturated heterocycles. The quantitative estimate of drug-likeness (QED) is 0.580. The van der Waals surface area contributed by atoms with Crippen LogP contribution in [0.15, 0.2) is 59.5 Å². The van der Waals surface area contributed by atoms with Gasteiger partial charge in [0.05, 0.1) is 27.7 Å². The third-order valence-electron chi connectivity index (χ3n) is 5.29. The zero-order valence-electron chi connectivity index (χ0n) is 16.3. The SMILES string of the molecule is O=C(O)c1c(Cl)c(-c2ccccc2)n2c1CN(S(=O)(=O)c1ccc(C(F)(F)F)cc1)CC2. The van der Waals surface area contributed by atoms with E-state index >= 15 is 0 Å². The number of nitrogens with zero attached hydrogens (tertiary/aromatic N) is 2. The number of carboxylic acids is 1. The van der Waals surface area contributed by atoms with E-state index < -0.39 is 27.7 Å². The van der Waals surface area contributed by atoms with Crippen molar-refractivity contribution in [1.82, 2.24) is 8.87 Å². The topological polar surface area (TPSA) is 79.6 Å². The van der Waals surface area contributed by atoms with E-state index in [-0.39, 0.29) is 40.8 Å². The minimum atomic E-state index is -4.59. The van der Waals surface area contributed by atoms with Crippen molar-refractivity contribution in [2.24, 2.45) is 0 Å². The lowest BCUT2D eigenvalue weighted by Gasteiger charge is -2.29. The average molecular weight is 485 g/mol. The predicted octanol–water partition coefficient (Wildman–Crippen LogP) is 4.73. The summed E-state index contributed by atoms with van der Waals surface area (Å²) in [5, 5.41) is 9.73. The maximum atomic E-state index is 13.1. The van der Waals surface area contributed by atoms with Crippen LogP contribution >= 0.6 is 11.6 Å². The van der Waals surface area contributed by atoms with Crippen molar-refractivity contribution in [2.75, 3.05) is 6.54 Å². The van der Waals surface area contributed by atoms with Gasteiger partial charge in [0, 0.05) is 18.8 Å². The van der Waals surface area contributed by atoms with E-state index in [1.165, 1.54) is 0 Å². The van der Waals surface area contributed by atoms with Gasteiger partial charge in [-0.1, -0.05) is 41.9 Å². The summed E-state index contributed by atoms with van der Waals surface area (Å²) in [7, 11) is -4.16. The van der Waals surface area contributed by atoms with E-state index in [0.717, 1.165) is 16.4 Å². The number of aromatic nitrogens is 1. The summed E-state index contributed by atoms with van der Waals surface area (Å²) >= 11 is 6.41. The molecule has 11 heteroatoms. The molecule has 1 aromatic heterocycles. The van der Waals surface area contributed by atoms with Crippen molar-refractivity contribution < 1.29 is 31.5 Å². The van der Waals surface area contributed by atoms with Gasteiger partial charge in [0.1, 0.15) is 5.56 Å². The molecular weight excluding hydrogens is 469 g/mol. The molecule has 0 radical (unpaired) electrons. The van der Waals surface area contributed by atoms with Crippen LogP contribution in [-0.2, 0) is 29.3 Å². The molecule has 1 aliphatic rings. The molecule has 0 aliphatic carbocycles. The van der Waals surface area contributed by atoms with Crippen LogP contribution < -0.4 is 0 Å². The van der Waals surface area contributed by atoms with E-state index in [9.17, 15) is 31.5 Å². The second-order valence-electron chi connectivity index (χ2n) is 7.17. The first-order chi connectivity index (χ1) is 15.0. The Balaban J connectivity index is 1.74. The first-order valence-corrected chi connectivity index (χ1v) is 11.2. The zero-order valence-corrected chi connectivity index (χ0v) is 17.9. The van der Waals surface area contributed by atoms with Crippen LogP contribution in [0.25, 0.3) is 11.3 Å². The largest absolute Gasteiger partial charge is 0.478 e. The molecule has 0 atom stereocenters. The number of carboxylic acid groups (broad SMARTS) is 1. The lowest BCUT2D eigenvalue weighted by molar-refractivity contribution is -0.137. The molecule has 0 saturated carbocycles. The number of carbonyl (C=O) groups is 1. The summed E-state index contributed by atoms with van der Waals surface area (Å²) in [5.41, 5.74) is 0.217. The molecule has 0 amide bonds. The van der Waals surface area contributed by atoms with Gasteiger partial charge in [-0.3, -0.25) is 0 Å². The second-order valence-corrected chi connectivity index (χ2v) is 9.48. The number of hydrogen-bond acceptors (Lipinski definition) is 3. The van der Waals surface area contributed by atoms with Gasteiger partial charge < -0.3 is 9.67 Å². The third-order valence-corrected chi connectivity index (χ3v) is 7.52. The highest BCUT2D eigenvalue weighted by Gasteiger charge is 2.36. The molecule has 2 heterocycles. The third kappa shape index (κ3) is 3.78. The van der Waals surface area contributed by atoms with Crippen LogP contribution in [0.5, 0.6) is 0 Å². The Kier molecular flexibility index (Phi) is 5.56. The molecule has 0 bridgehead atoms. The van der Waals surface area contributed by atoms with E-state index in [0.29, 0.717) is 23.4 Å². The highest BCUT2D eigenvalue weighted by molar-refractivity contribution is 7.89. The number of hydrogen-bond donors (Lipinski definition) is 1. The molecule has 4 rings (SSSR count). The van der Waals surface area contributed by atoms with Gasteiger partial charge in [0.2, 0.25) is 10.0 Å². The van der Waals surface area contributed by atoms with Gasteiger partial charge in [-0.2, -0.15) is 17.5 Å². The molecule has 1 aliphatic heterocycles. The lowest BCUT2D eigenvalue weighted by atomic mass is 10.1. The molecule has 2 aromatic carbocycles. The number of aromatic carboxylic acids is 1. The summed E-state index contributed by atoms with van der Waals surface area (Å²) in [4.78, 5) is 11.6. The Labute approximate surface area is 186 Å². The Morgan fingerprint density at radius 1 is 1.00 bits per heavy atom. The standard InChI is InChI=1S/C21H16ClF3N2O4S/c22-18-17(20(28)29)16-12-26(10-11-27(16)19(18)13-4-2-1-3-5-13)32(30,31)15-8-6-14(7-9-15)21(23,24)25/h1-9H,10-12H2,(H,28,29). The van der Waals surface area contributed by atoms with Crippen LogP contribution in [0, 0.1) is 0 Å². The molecule has 3 aromatic rings. The Hall–Kier alpha value is -2.82. The maximum Gasteiger partial charge on any atom is 0.416 e. The molecule has 0 unspecified atom stereocenters. The number of sulfonamides is 1. The highest BCUT2D eigenvalue weighted by atomic mass is 35.5. The number of rotatable bonds is 4. The van der Waals surface area contributed by atoms with Crippen molar-refractivity contribution in [3.63, 3.8) is 0 Å². The molecule has 0 spiro atoms. The van der Waals surface area contributed by atoms with Gasteiger partial charge in [-0.15, -0.1) is 0 Å². The summed E-state index contributed by atoms with van der Waals surface area (Å²) in [5.74, 6) is -1.30. The first-order valence-electron chi connectivity index (χ1n) is 9.39. The summed E-state index contributed by atoms with van der Waals surface area (Å²) in [6.45, 7) is -0.149. The fourth-order valence-electron chi connectivity index (χ4n) is 3.77. The number of fused-ring (bicyclic) bond motifs is 1. The Morgan fingerprint density at radius 2 is 1.62 bits per heavy atom. The average Bonchev–Trinajstić information content (AvgIpc) is 3.05. The summed E-state index contributed by atoms with van der Waals surface area (Å²) in [6, 6.07) is 12.1. The van der Waals surface area contributed by atoms with Crippen molar-refractivity contribution in [2.45, 2.75) is 24.2 Å². The Morgan fingerprint density at radius 3 is 2.19 bits per heavy atom. The highest BCUT2D eigenvalue weighted by Crippen LogP contribution is 2.39. The van der Waals surface area contributed by atoms with Crippen molar-refractivity contribution >= 4 is 27.6 Å². The molecule has 0 fully saturated rings. The molecular formula is C21H16ClF3N2O4S.